The summed E-state index contributed by atoms with van der Waals surface area (Å²) in [4.78, 5) is 23.0. The normalized spacial score (nSPS) is 13.5. The van der Waals surface area contributed by atoms with E-state index in [1.165, 1.54) is 5.56 Å². The van der Waals surface area contributed by atoms with Gasteiger partial charge >= 0.3 is 0 Å². The van der Waals surface area contributed by atoms with Crippen molar-refractivity contribution in [3.8, 4) is 5.75 Å². The third-order valence-electron chi connectivity index (χ3n) is 3.53. The summed E-state index contributed by atoms with van der Waals surface area (Å²) in [5.41, 5.74) is 1.27. The molecule has 22 heavy (non-hydrogen) atoms. The molecule has 0 spiro atoms. The molecule has 0 saturated heterocycles. The third-order valence-corrected chi connectivity index (χ3v) is 3.53. The van der Waals surface area contributed by atoms with Crippen LogP contribution in [0.1, 0.15) is 31.7 Å². The molecule has 1 saturated carbocycles. The molecule has 5 nitrogen and oxygen atoms in total. The molecule has 1 aliphatic carbocycles. The Morgan fingerprint density at radius 3 is 2.45 bits per heavy atom. The number of hydrogen-bond acceptors (Lipinski definition) is 3. The molecule has 2 rings (SSSR count). The first-order chi connectivity index (χ1) is 10.7. The van der Waals surface area contributed by atoms with Crippen molar-refractivity contribution in [1.29, 1.82) is 0 Å². The van der Waals surface area contributed by atoms with E-state index in [0.717, 1.165) is 25.7 Å². The number of benzene rings is 1. The highest BCUT2D eigenvalue weighted by atomic mass is 16.5. The Labute approximate surface area is 131 Å². The quantitative estimate of drug-likeness (QED) is 0.682. The number of rotatable bonds is 9. The molecule has 5 heteroatoms. The van der Waals surface area contributed by atoms with Gasteiger partial charge < -0.3 is 15.4 Å². The van der Waals surface area contributed by atoms with Gasteiger partial charge in [0, 0.05) is 19.0 Å². The van der Waals surface area contributed by atoms with Gasteiger partial charge in [-0.1, -0.05) is 25.5 Å². The summed E-state index contributed by atoms with van der Waals surface area (Å²) in [5, 5.41) is 5.52. The average Bonchev–Trinajstić information content (AvgIpc) is 3.36. The number of hydrogen-bond donors (Lipinski definition) is 2. The SMILES string of the molecule is CCCc1ccc(OCC(=O)NCCNC(=O)C2CC2)cc1. The van der Waals surface area contributed by atoms with Crippen LogP contribution < -0.4 is 15.4 Å². The molecular formula is C17H24N2O3. The maximum Gasteiger partial charge on any atom is 0.258 e. The van der Waals surface area contributed by atoms with Gasteiger partial charge in [-0.3, -0.25) is 9.59 Å². The Kier molecular flexibility index (Phi) is 6.25. The van der Waals surface area contributed by atoms with Crippen LogP contribution in [0.25, 0.3) is 0 Å². The van der Waals surface area contributed by atoms with Crippen molar-refractivity contribution in [1.82, 2.24) is 10.6 Å². The fraction of sp³-hybridized carbons (Fsp3) is 0.529. The second-order valence-electron chi connectivity index (χ2n) is 5.60. The predicted molar refractivity (Wildman–Crippen MR) is 84.7 cm³/mol. The minimum Gasteiger partial charge on any atom is -0.484 e. The summed E-state index contributed by atoms with van der Waals surface area (Å²) in [7, 11) is 0. The van der Waals surface area contributed by atoms with Crippen LogP contribution in [0.2, 0.25) is 0 Å². The van der Waals surface area contributed by atoms with Crippen LogP contribution in [0.4, 0.5) is 0 Å². The molecule has 1 aromatic rings. The van der Waals surface area contributed by atoms with Crippen LogP contribution in [0.15, 0.2) is 24.3 Å². The molecule has 1 aromatic carbocycles. The molecule has 2 N–H and O–H groups in total. The van der Waals surface area contributed by atoms with Gasteiger partial charge in [0.2, 0.25) is 5.91 Å². The van der Waals surface area contributed by atoms with Crippen molar-refractivity contribution in [2.24, 2.45) is 5.92 Å². The smallest absolute Gasteiger partial charge is 0.258 e. The highest BCUT2D eigenvalue weighted by Crippen LogP contribution is 2.28. The first-order valence-corrected chi connectivity index (χ1v) is 7.95. The summed E-state index contributed by atoms with van der Waals surface area (Å²) >= 11 is 0. The summed E-state index contributed by atoms with van der Waals surface area (Å²) in [6.45, 7) is 3.02. The van der Waals surface area contributed by atoms with Crippen LogP contribution in [0.5, 0.6) is 5.75 Å². The van der Waals surface area contributed by atoms with Gasteiger partial charge in [-0.05, 0) is 37.0 Å². The van der Waals surface area contributed by atoms with Gasteiger partial charge in [-0.2, -0.15) is 0 Å². The van der Waals surface area contributed by atoms with Gasteiger partial charge in [-0.15, -0.1) is 0 Å². The van der Waals surface area contributed by atoms with E-state index in [2.05, 4.69) is 17.6 Å². The Balaban J connectivity index is 1.57. The molecular weight excluding hydrogens is 280 g/mol. The van der Waals surface area contributed by atoms with Crippen LogP contribution in [-0.4, -0.2) is 31.5 Å². The van der Waals surface area contributed by atoms with Crippen LogP contribution >= 0.6 is 0 Å². The van der Waals surface area contributed by atoms with Crippen molar-refractivity contribution in [2.75, 3.05) is 19.7 Å². The molecule has 0 atom stereocenters. The first-order valence-electron chi connectivity index (χ1n) is 7.95. The minimum atomic E-state index is -0.182. The molecule has 120 valence electrons. The van der Waals surface area contributed by atoms with Gasteiger partial charge in [0.15, 0.2) is 6.61 Å². The lowest BCUT2D eigenvalue weighted by atomic mass is 10.1. The van der Waals surface area contributed by atoms with Gasteiger partial charge in [0.1, 0.15) is 5.75 Å². The van der Waals surface area contributed by atoms with E-state index in [9.17, 15) is 9.59 Å². The van der Waals surface area contributed by atoms with E-state index in [1.807, 2.05) is 24.3 Å². The largest absolute Gasteiger partial charge is 0.484 e. The molecule has 1 aliphatic rings. The molecule has 0 heterocycles. The zero-order valence-electron chi connectivity index (χ0n) is 13.1. The zero-order valence-corrected chi connectivity index (χ0v) is 13.1. The zero-order chi connectivity index (χ0) is 15.8. The van der Waals surface area contributed by atoms with Crippen LogP contribution in [0, 0.1) is 5.92 Å². The molecule has 0 unspecified atom stereocenters. The fourth-order valence-corrected chi connectivity index (χ4v) is 2.12. The predicted octanol–water partition coefficient (Wildman–Crippen LogP) is 1.66. The molecule has 2 amide bonds. The van der Waals surface area contributed by atoms with E-state index in [1.54, 1.807) is 0 Å². The second-order valence-corrected chi connectivity index (χ2v) is 5.60. The Morgan fingerprint density at radius 2 is 1.82 bits per heavy atom. The van der Waals surface area contributed by atoms with Crippen molar-refractivity contribution in [3.05, 3.63) is 29.8 Å². The van der Waals surface area contributed by atoms with Crippen molar-refractivity contribution >= 4 is 11.8 Å². The summed E-state index contributed by atoms with van der Waals surface area (Å²) < 4.78 is 5.43. The lowest BCUT2D eigenvalue weighted by Crippen LogP contribution is -2.37. The molecule has 0 radical (unpaired) electrons. The van der Waals surface area contributed by atoms with E-state index in [-0.39, 0.29) is 24.3 Å². The van der Waals surface area contributed by atoms with Gasteiger partial charge in [-0.25, -0.2) is 0 Å². The van der Waals surface area contributed by atoms with Crippen molar-refractivity contribution in [2.45, 2.75) is 32.6 Å². The fourth-order valence-electron chi connectivity index (χ4n) is 2.12. The topological polar surface area (TPSA) is 67.4 Å². The van der Waals surface area contributed by atoms with E-state index >= 15 is 0 Å². The highest BCUT2D eigenvalue weighted by Gasteiger charge is 2.28. The number of carbonyl (C=O) groups is 2. The monoisotopic (exact) mass is 304 g/mol. The molecule has 0 aromatic heterocycles. The first kappa shape index (κ1) is 16.3. The van der Waals surface area contributed by atoms with E-state index < -0.39 is 0 Å². The second kappa shape index (κ2) is 8.41. The van der Waals surface area contributed by atoms with E-state index in [0.29, 0.717) is 18.8 Å². The average molecular weight is 304 g/mol. The summed E-state index contributed by atoms with van der Waals surface area (Å²) in [6, 6.07) is 7.80. The lowest BCUT2D eigenvalue weighted by Gasteiger charge is -2.09. The van der Waals surface area contributed by atoms with Crippen molar-refractivity contribution in [3.63, 3.8) is 0 Å². The summed E-state index contributed by atoms with van der Waals surface area (Å²) in [6.07, 6.45) is 4.14. The minimum absolute atomic E-state index is 0.0102. The van der Waals surface area contributed by atoms with E-state index in [4.69, 9.17) is 4.74 Å². The number of amides is 2. The van der Waals surface area contributed by atoms with Gasteiger partial charge in [0.25, 0.3) is 5.91 Å². The van der Waals surface area contributed by atoms with Gasteiger partial charge in [0.05, 0.1) is 0 Å². The lowest BCUT2D eigenvalue weighted by molar-refractivity contribution is -0.124. The Hall–Kier alpha value is -2.04. The van der Waals surface area contributed by atoms with Crippen molar-refractivity contribution < 1.29 is 14.3 Å². The molecule has 0 aliphatic heterocycles. The number of aryl methyl sites for hydroxylation is 1. The number of ether oxygens (including phenoxy) is 1. The number of carbonyl (C=O) groups excluding carboxylic acids is 2. The maximum absolute atomic E-state index is 11.6. The Bertz CT molecular complexity index is 495. The number of nitrogens with one attached hydrogen (secondary N) is 2. The Morgan fingerprint density at radius 1 is 1.14 bits per heavy atom. The molecule has 1 fully saturated rings. The van der Waals surface area contributed by atoms with Crippen LogP contribution in [0.3, 0.4) is 0 Å². The highest BCUT2D eigenvalue weighted by molar-refractivity contribution is 5.81. The molecule has 0 bridgehead atoms. The van der Waals surface area contributed by atoms with Crippen LogP contribution in [-0.2, 0) is 16.0 Å². The maximum atomic E-state index is 11.6. The standard InChI is InChI=1S/C17H24N2O3/c1-2-3-13-4-8-15(9-5-13)22-12-16(20)18-10-11-19-17(21)14-6-7-14/h4-5,8-9,14H,2-3,6-7,10-12H2,1H3,(H,18,20)(H,19,21). The summed E-state index contributed by atoms with van der Waals surface area (Å²) in [5.74, 6) is 0.808. The third kappa shape index (κ3) is 5.76.